The van der Waals surface area contributed by atoms with E-state index in [4.69, 9.17) is 11.6 Å². The Morgan fingerprint density at radius 1 is 1.50 bits per heavy atom. The summed E-state index contributed by atoms with van der Waals surface area (Å²) >= 11 is 11.8. The minimum absolute atomic E-state index is 0.419. The highest BCUT2D eigenvalue weighted by Crippen LogP contribution is 2.18. The average molecular weight is 287 g/mol. The van der Waals surface area contributed by atoms with Crippen LogP contribution >= 0.6 is 46.8 Å². The second-order valence-corrected chi connectivity index (χ2v) is 3.55. The Kier molecular flexibility index (Phi) is 2.76. The van der Waals surface area contributed by atoms with Crippen LogP contribution in [0.25, 0.3) is 0 Å². The van der Waals surface area contributed by atoms with Crippen LogP contribution in [0.15, 0.2) is 5.16 Å². The number of hydrogen-bond acceptors (Lipinski definition) is 3. The molecule has 0 aliphatic carbocycles. The van der Waals surface area contributed by atoms with Crippen LogP contribution in [0.4, 0.5) is 0 Å². The number of hydrogen-bond donors (Lipinski definition) is 1. The van der Waals surface area contributed by atoms with Gasteiger partial charge in [0, 0.05) is 0 Å². The lowest BCUT2D eigenvalue weighted by molar-refractivity contribution is 0.927. The molecule has 1 heterocycles. The van der Waals surface area contributed by atoms with Crippen LogP contribution in [0.5, 0.6) is 0 Å². The Balaban J connectivity index is 3.31. The molecule has 0 atom stereocenters. The standard InChI is InChI=1S/C5H4ClIN2S/c1-2-3(7)4(6)9-5(10)8-2/h1H3,(H,8,9,10). The van der Waals surface area contributed by atoms with Crippen molar-refractivity contribution in [2.24, 2.45) is 0 Å². The fraction of sp³-hybridized carbons (Fsp3) is 0.200. The van der Waals surface area contributed by atoms with Crippen LogP contribution in [0, 0.1) is 10.5 Å². The topological polar surface area (TPSA) is 25.8 Å². The van der Waals surface area contributed by atoms with Gasteiger partial charge in [-0.05, 0) is 29.5 Å². The van der Waals surface area contributed by atoms with Crippen molar-refractivity contribution in [3.8, 4) is 0 Å². The first-order valence-corrected chi connectivity index (χ1v) is 4.40. The molecule has 0 aliphatic rings. The molecule has 0 amide bonds. The third kappa shape index (κ3) is 1.73. The molecule has 0 N–H and O–H groups in total. The molecule has 5 heteroatoms. The van der Waals surface area contributed by atoms with Crippen LogP contribution in [0.3, 0.4) is 0 Å². The summed E-state index contributed by atoms with van der Waals surface area (Å²) in [6.07, 6.45) is 0. The molecule has 0 bridgehead atoms. The van der Waals surface area contributed by atoms with Gasteiger partial charge in [0.25, 0.3) is 0 Å². The average Bonchev–Trinajstić information content (AvgIpc) is 1.82. The lowest BCUT2D eigenvalue weighted by Crippen LogP contribution is -1.92. The van der Waals surface area contributed by atoms with Crippen molar-refractivity contribution < 1.29 is 0 Å². The van der Waals surface area contributed by atoms with Crippen LogP contribution < -0.4 is 0 Å². The monoisotopic (exact) mass is 286 g/mol. The summed E-state index contributed by atoms with van der Waals surface area (Å²) in [5.74, 6) is 0. The maximum absolute atomic E-state index is 5.71. The number of halogens is 2. The van der Waals surface area contributed by atoms with E-state index in [0.717, 1.165) is 9.26 Å². The third-order valence-electron chi connectivity index (χ3n) is 0.965. The molecular weight excluding hydrogens is 282 g/mol. The van der Waals surface area contributed by atoms with Crippen LogP contribution in [-0.2, 0) is 0 Å². The second kappa shape index (κ2) is 3.23. The SMILES string of the molecule is Cc1nc(S)nc(Cl)c1I. The lowest BCUT2D eigenvalue weighted by Gasteiger charge is -1.98. The summed E-state index contributed by atoms with van der Waals surface area (Å²) in [6.45, 7) is 1.87. The smallest absolute Gasteiger partial charge is 0.186 e. The van der Waals surface area contributed by atoms with Crippen LogP contribution in [-0.4, -0.2) is 9.97 Å². The normalized spacial score (nSPS) is 10.0. The summed E-state index contributed by atoms with van der Waals surface area (Å²) < 4.78 is 0.886. The summed E-state index contributed by atoms with van der Waals surface area (Å²) in [6, 6.07) is 0. The Hall–Kier alpha value is 0.450. The van der Waals surface area contributed by atoms with Gasteiger partial charge in [-0.15, -0.1) is 12.6 Å². The van der Waals surface area contributed by atoms with Gasteiger partial charge in [0.05, 0.1) is 9.26 Å². The number of thiol groups is 1. The molecule has 0 aliphatic heterocycles. The molecule has 0 saturated heterocycles. The molecule has 0 spiro atoms. The van der Waals surface area contributed by atoms with Gasteiger partial charge in [-0.2, -0.15) is 0 Å². The Bertz CT molecular complexity index is 243. The number of nitrogens with zero attached hydrogens (tertiary/aromatic N) is 2. The molecule has 2 nitrogen and oxygen atoms in total. The first kappa shape index (κ1) is 8.55. The van der Waals surface area contributed by atoms with E-state index in [1.54, 1.807) is 0 Å². The molecule has 54 valence electrons. The van der Waals surface area contributed by atoms with E-state index >= 15 is 0 Å². The predicted octanol–water partition coefficient (Wildman–Crippen LogP) is 2.33. The quantitative estimate of drug-likeness (QED) is 0.343. The molecule has 0 aromatic carbocycles. The highest BCUT2D eigenvalue weighted by Gasteiger charge is 2.03. The van der Waals surface area contributed by atoms with Gasteiger partial charge in [0.2, 0.25) is 0 Å². The molecule has 0 fully saturated rings. The summed E-state index contributed by atoms with van der Waals surface area (Å²) in [5.41, 5.74) is 0.866. The zero-order chi connectivity index (χ0) is 7.72. The van der Waals surface area contributed by atoms with E-state index in [0.29, 0.717) is 10.3 Å². The molecule has 0 radical (unpaired) electrons. The highest BCUT2D eigenvalue weighted by molar-refractivity contribution is 14.1. The summed E-state index contributed by atoms with van der Waals surface area (Å²) in [4.78, 5) is 7.84. The first-order valence-electron chi connectivity index (χ1n) is 2.50. The van der Waals surface area contributed by atoms with Gasteiger partial charge in [-0.1, -0.05) is 11.6 Å². The van der Waals surface area contributed by atoms with E-state index in [1.807, 2.05) is 6.92 Å². The van der Waals surface area contributed by atoms with Gasteiger partial charge in [0.1, 0.15) is 5.15 Å². The van der Waals surface area contributed by atoms with Crippen molar-refractivity contribution in [1.29, 1.82) is 0 Å². The molecule has 1 aromatic heterocycles. The summed E-state index contributed by atoms with van der Waals surface area (Å²) in [5, 5.41) is 0.890. The van der Waals surface area contributed by atoms with E-state index in [9.17, 15) is 0 Å². The Morgan fingerprint density at radius 2 is 2.10 bits per heavy atom. The largest absolute Gasteiger partial charge is 0.227 e. The Labute approximate surface area is 83.0 Å². The minimum atomic E-state index is 0.419. The van der Waals surface area contributed by atoms with Crippen molar-refractivity contribution in [3.63, 3.8) is 0 Å². The van der Waals surface area contributed by atoms with E-state index in [2.05, 4.69) is 45.2 Å². The molecule has 10 heavy (non-hydrogen) atoms. The fourth-order valence-electron chi connectivity index (χ4n) is 0.510. The minimum Gasteiger partial charge on any atom is -0.227 e. The molecule has 0 saturated carbocycles. The van der Waals surface area contributed by atoms with Gasteiger partial charge in [-0.3, -0.25) is 0 Å². The van der Waals surface area contributed by atoms with Gasteiger partial charge < -0.3 is 0 Å². The lowest BCUT2D eigenvalue weighted by atomic mass is 10.5. The maximum atomic E-state index is 5.71. The van der Waals surface area contributed by atoms with Crippen molar-refractivity contribution in [1.82, 2.24) is 9.97 Å². The van der Waals surface area contributed by atoms with E-state index in [1.165, 1.54) is 0 Å². The molecule has 0 unspecified atom stereocenters. The van der Waals surface area contributed by atoms with E-state index in [-0.39, 0.29) is 0 Å². The zero-order valence-corrected chi connectivity index (χ0v) is 8.91. The van der Waals surface area contributed by atoms with Crippen molar-refractivity contribution in [2.45, 2.75) is 12.1 Å². The van der Waals surface area contributed by atoms with Crippen molar-refractivity contribution in [3.05, 3.63) is 14.4 Å². The number of aryl methyl sites for hydroxylation is 1. The van der Waals surface area contributed by atoms with Gasteiger partial charge in [-0.25, -0.2) is 9.97 Å². The second-order valence-electron chi connectivity index (χ2n) is 1.71. The number of rotatable bonds is 0. The van der Waals surface area contributed by atoms with Gasteiger partial charge in [0.15, 0.2) is 5.16 Å². The third-order valence-corrected chi connectivity index (χ3v) is 3.05. The first-order chi connectivity index (χ1) is 4.61. The van der Waals surface area contributed by atoms with Gasteiger partial charge >= 0.3 is 0 Å². The van der Waals surface area contributed by atoms with Crippen LogP contribution in [0.1, 0.15) is 5.69 Å². The predicted molar refractivity (Wildman–Crippen MR) is 51.7 cm³/mol. The highest BCUT2D eigenvalue weighted by atomic mass is 127. The fourth-order valence-corrected chi connectivity index (χ4v) is 1.28. The number of aromatic nitrogens is 2. The Morgan fingerprint density at radius 3 is 2.60 bits per heavy atom. The molecular formula is C5H4ClIN2S. The molecule has 1 rings (SSSR count). The van der Waals surface area contributed by atoms with Crippen molar-refractivity contribution in [2.75, 3.05) is 0 Å². The zero-order valence-electron chi connectivity index (χ0n) is 5.10. The van der Waals surface area contributed by atoms with Crippen LogP contribution in [0.2, 0.25) is 5.15 Å². The molecule has 1 aromatic rings. The maximum Gasteiger partial charge on any atom is 0.186 e. The summed E-state index contributed by atoms with van der Waals surface area (Å²) in [7, 11) is 0. The van der Waals surface area contributed by atoms with E-state index < -0.39 is 0 Å². The van der Waals surface area contributed by atoms with Crippen molar-refractivity contribution >= 4 is 46.8 Å².